The van der Waals surface area contributed by atoms with Gasteiger partial charge in [-0.3, -0.25) is 0 Å². The zero-order valence-corrected chi connectivity index (χ0v) is 26.1. The summed E-state index contributed by atoms with van der Waals surface area (Å²) >= 11 is 0. The molecule has 10 aliphatic heterocycles. The summed E-state index contributed by atoms with van der Waals surface area (Å²) in [7, 11) is -0.706. The molecule has 0 aromatic heterocycles. The first-order valence-corrected chi connectivity index (χ1v) is 24.8. The summed E-state index contributed by atoms with van der Waals surface area (Å²) < 4.78 is 1.48. The zero-order chi connectivity index (χ0) is 26.5. The summed E-state index contributed by atoms with van der Waals surface area (Å²) in [6.07, 6.45) is 1.13. The Bertz CT molecular complexity index is 2130. The van der Waals surface area contributed by atoms with Gasteiger partial charge in [0.05, 0.1) is 0 Å². The predicted octanol–water partition coefficient (Wildman–Crippen LogP) is 7.85. The van der Waals surface area contributed by atoms with Gasteiger partial charge in [-0.15, -0.1) is 0 Å². The van der Waals surface area contributed by atoms with E-state index in [9.17, 15) is 0 Å². The van der Waals surface area contributed by atoms with Crippen LogP contribution >= 0.6 is 15.8 Å². The molecule has 4 aromatic rings. The van der Waals surface area contributed by atoms with Gasteiger partial charge in [-0.05, 0) is 0 Å². The van der Waals surface area contributed by atoms with Crippen molar-refractivity contribution in [1.82, 2.24) is 5.32 Å². The van der Waals surface area contributed by atoms with E-state index in [-0.39, 0.29) is 7.92 Å². The SMILES string of the molecule is CC(NCP(c1ccccc1)c1ccccc1)[C]12[CH]3[CH]4[CH]5[C]1(P(c1ccccc1)c1ccccc1)[Fe]43521678[CH]2[CH]1[CH]6[CH]7[CH]28. The number of fused-ring (bicyclic) bond motifs is 10. The van der Waals surface area contributed by atoms with Crippen molar-refractivity contribution in [1.29, 1.82) is 0 Å². The maximum absolute atomic E-state index is 4.46. The number of hydrogen-bond donors (Lipinski definition) is 1. The Kier molecular flexibility index (Phi) is 1.82. The van der Waals surface area contributed by atoms with Crippen LogP contribution in [0.15, 0.2) is 121 Å². The third-order valence-electron chi connectivity index (χ3n) is 20.6. The molecular weight excluding hydrogens is 576 g/mol. The van der Waals surface area contributed by atoms with E-state index < -0.39 is 14.4 Å². The monoisotopic (exact) mass is 611 g/mol. The fourth-order valence-corrected chi connectivity index (χ4v) is 116. The molecule has 6 atom stereocenters. The molecule has 10 saturated heterocycles. The fraction of sp³-hybridized carbons (Fsp3) is 0.351. The first-order chi connectivity index (χ1) is 20.0. The van der Waals surface area contributed by atoms with Crippen LogP contribution in [0.4, 0.5) is 0 Å². The Morgan fingerprint density at radius 3 is 1.39 bits per heavy atom. The first-order valence-electron chi connectivity index (χ1n) is 15.7. The Balaban J connectivity index is 0.958. The molecule has 41 heavy (non-hydrogen) atoms. The molecule has 0 radical (unpaired) electrons. The van der Waals surface area contributed by atoms with Crippen LogP contribution in [0.2, 0.25) is 42.8 Å². The van der Waals surface area contributed by atoms with Crippen molar-refractivity contribution in [2.45, 2.75) is 59.9 Å². The van der Waals surface area contributed by atoms with Gasteiger partial charge in [-0.25, -0.2) is 0 Å². The summed E-state index contributed by atoms with van der Waals surface area (Å²) in [5.74, 6) is 0. The van der Waals surface area contributed by atoms with E-state index in [2.05, 4.69) is 134 Å². The summed E-state index contributed by atoms with van der Waals surface area (Å²) in [6.45, 7) is -1.02. The summed E-state index contributed by atoms with van der Waals surface area (Å²) in [5, 5.41) is 10.9. The average molecular weight is 611 g/mol. The van der Waals surface area contributed by atoms with Crippen LogP contribution in [-0.4, -0.2) is 16.4 Å². The number of benzene rings is 4. The molecule has 0 amide bonds. The van der Waals surface area contributed by atoms with Crippen LogP contribution in [0.3, 0.4) is 0 Å². The van der Waals surface area contributed by atoms with Crippen LogP contribution < -0.4 is 26.5 Å². The van der Waals surface area contributed by atoms with E-state index in [1.165, 1.54) is 49.1 Å². The molecule has 14 rings (SSSR count). The van der Waals surface area contributed by atoms with Crippen molar-refractivity contribution in [3.05, 3.63) is 121 Å². The van der Waals surface area contributed by atoms with Gasteiger partial charge < -0.3 is 0 Å². The van der Waals surface area contributed by atoms with E-state index in [0.29, 0.717) is 6.04 Å². The molecule has 10 fully saturated rings. The third-order valence-corrected chi connectivity index (χ3v) is 73.1. The average Bonchev–Trinajstić information content (AvgIpc) is 3.98. The second-order valence-corrected chi connectivity index (χ2v) is 45.2. The first kappa shape index (κ1) is 21.0. The molecule has 4 heteroatoms. The molecule has 0 saturated carbocycles. The Morgan fingerprint density at radius 1 is 0.585 bits per heavy atom. The van der Waals surface area contributed by atoms with Gasteiger partial charge in [0.1, 0.15) is 0 Å². The summed E-state index contributed by atoms with van der Waals surface area (Å²) in [6, 6.07) is 47.5. The van der Waals surface area contributed by atoms with E-state index in [0.717, 1.165) is 14.7 Å². The third kappa shape index (κ3) is 0.595. The maximum atomic E-state index is 4.46. The number of hydrogen-bond acceptors (Lipinski definition) is 1. The molecule has 4 aromatic carbocycles. The minimum absolute atomic E-state index is 0.298. The van der Waals surface area contributed by atoms with Gasteiger partial charge in [-0.1, -0.05) is 0 Å². The second-order valence-electron chi connectivity index (χ2n) is 17.0. The van der Waals surface area contributed by atoms with Crippen molar-refractivity contribution < 1.29 is 6.51 Å². The van der Waals surface area contributed by atoms with Gasteiger partial charge in [-0.2, -0.15) is 0 Å². The fourth-order valence-electron chi connectivity index (χ4n) is 22.1. The summed E-state index contributed by atoms with van der Waals surface area (Å²) in [4.78, 5) is 10.3. The van der Waals surface area contributed by atoms with Gasteiger partial charge in [0.25, 0.3) is 0 Å². The predicted molar refractivity (Wildman–Crippen MR) is 171 cm³/mol. The molecule has 10 aliphatic rings. The molecule has 6 unspecified atom stereocenters. The van der Waals surface area contributed by atoms with E-state index in [4.69, 9.17) is 0 Å². The van der Waals surface area contributed by atoms with Crippen LogP contribution in [-0.2, 0) is 6.51 Å². The van der Waals surface area contributed by atoms with Gasteiger partial charge in [0.2, 0.25) is 0 Å². The van der Waals surface area contributed by atoms with Crippen molar-refractivity contribution in [3.8, 4) is 0 Å². The van der Waals surface area contributed by atoms with Crippen molar-refractivity contribution in [2.75, 3.05) is 6.29 Å². The van der Waals surface area contributed by atoms with Crippen molar-refractivity contribution in [2.24, 2.45) is 0 Å². The standard InChI is InChI=1S/C32H30NP2.C5H5.Fe/c1-26(33-25-34(27-15-6-2-7-16-27)28-17-8-3-9-18-28)31-23-14-24-32(31)35(29-19-10-4-11-20-29)30-21-12-5-13-22-30;1-2-4-5-3-1;/h2-24,26,33H,25H2,1H3;1-5H;. The van der Waals surface area contributed by atoms with Crippen molar-refractivity contribution >= 4 is 37.1 Å². The number of nitrogens with one attached hydrogen (secondary N) is 1. The molecule has 1 N–H and O–H groups in total. The van der Waals surface area contributed by atoms with E-state index >= 15 is 0 Å². The van der Waals surface area contributed by atoms with Crippen LogP contribution in [0.5, 0.6) is 0 Å². The van der Waals surface area contributed by atoms with Crippen LogP contribution in [0.25, 0.3) is 0 Å². The van der Waals surface area contributed by atoms with Crippen LogP contribution in [0, 0.1) is 0 Å². The summed E-state index contributed by atoms with van der Waals surface area (Å²) in [5.41, 5.74) is 0. The second kappa shape index (κ2) is 3.54. The molecule has 0 aliphatic carbocycles. The Hall–Kier alpha value is -1.78. The molecule has 1 spiro atoms. The van der Waals surface area contributed by atoms with Gasteiger partial charge in [0.15, 0.2) is 0 Å². The minimum atomic E-state index is -3.74. The van der Waals surface area contributed by atoms with E-state index in [1.807, 2.05) is 0 Å². The van der Waals surface area contributed by atoms with E-state index in [1.54, 1.807) is 10.6 Å². The molecule has 206 valence electrons. The zero-order valence-electron chi connectivity index (χ0n) is 23.2. The topological polar surface area (TPSA) is 12.0 Å². The quantitative estimate of drug-likeness (QED) is 0.150. The normalized spacial score (nSPS) is 58.9. The van der Waals surface area contributed by atoms with Crippen LogP contribution in [0.1, 0.15) is 6.92 Å². The molecule has 0 bridgehead atoms. The molecular formula is C37H35FeNP2. The van der Waals surface area contributed by atoms with Gasteiger partial charge in [0, 0.05) is 0 Å². The Labute approximate surface area is 235 Å². The number of rotatable bonds is 9. The molecule has 10 heterocycles. The molecule has 1 nitrogen and oxygen atoms in total. The van der Waals surface area contributed by atoms with Gasteiger partial charge >= 0.3 is 236 Å². The van der Waals surface area contributed by atoms with Crippen molar-refractivity contribution in [3.63, 3.8) is 0 Å². The Morgan fingerprint density at radius 2 is 1.00 bits per heavy atom.